The zero-order valence-electron chi connectivity index (χ0n) is 18.9. The lowest BCUT2D eigenvalue weighted by Gasteiger charge is -2.35. The van der Waals surface area contributed by atoms with Crippen LogP contribution in [0.25, 0.3) is 0 Å². The van der Waals surface area contributed by atoms with E-state index in [1.165, 1.54) is 5.56 Å². The lowest BCUT2D eigenvalue weighted by molar-refractivity contribution is 0.208. The van der Waals surface area contributed by atoms with Crippen LogP contribution < -0.4 is 20.3 Å². The van der Waals surface area contributed by atoms with E-state index in [4.69, 9.17) is 16.3 Å². The van der Waals surface area contributed by atoms with Gasteiger partial charge in [-0.15, -0.1) is 0 Å². The van der Waals surface area contributed by atoms with Gasteiger partial charge in [0.15, 0.2) is 0 Å². The molecule has 1 aromatic heterocycles. The molecule has 172 valence electrons. The van der Waals surface area contributed by atoms with E-state index in [1.54, 1.807) is 30.2 Å². The van der Waals surface area contributed by atoms with Crippen molar-refractivity contribution in [3.63, 3.8) is 0 Å². The summed E-state index contributed by atoms with van der Waals surface area (Å²) in [5.74, 6) is 2.84. The van der Waals surface area contributed by atoms with Gasteiger partial charge in [0.1, 0.15) is 23.2 Å². The number of aryl methyl sites for hydroxylation is 2. The van der Waals surface area contributed by atoms with Crippen LogP contribution in [0.5, 0.6) is 5.75 Å². The van der Waals surface area contributed by atoms with Crippen molar-refractivity contribution in [2.24, 2.45) is 0 Å². The van der Waals surface area contributed by atoms with E-state index < -0.39 is 0 Å². The van der Waals surface area contributed by atoms with Crippen LogP contribution in [0.3, 0.4) is 0 Å². The summed E-state index contributed by atoms with van der Waals surface area (Å²) in [5, 5.41) is 6.78. The fraction of sp³-hybridized carbons (Fsp3) is 0.292. The van der Waals surface area contributed by atoms with Crippen molar-refractivity contribution in [3.8, 4) is 5.75 Å². The average Bonchev–Trinajstić information content (AvgIpc) is 2.80. The number of nitrogens with zero attached hydrogens (tertiary/aromatic N) is 4. The van der Waals surface area contributed by atoms with Gasteiger partial charge >= 0.3 is 6.03 Å². The molecule has 4 rings (SSSR count). The highest BCUT2D eigenvalue weighted by Gasteiger charge is 2.23. The minimum absolute atomic E-state index is 0.184. The molecule has 0 radical (unpaired) electrons. The number of ether oxygens (including phenoxy) is 1. The van der Waals surface area contributed by atoms with Crippen molar-refractivity contribution >= 4 is 40.6 Å². The van der Waals surface area contributed by atoms with E-state index in [0.717, 1.165) is 17.3 Å². The standard InChI is InChI=1S/C24H27ClN6O2/c1-16-4-7-19(8-5-16)28-22-15-23(27-17(2)26-22)30-10-12-31(13-11-30)24(32)29-20-14-18(25)6-9-21(20)33-3/h4-9,14-15H,10-13H2,1-3H3,(H,29,32)(H,26,27,28). The molecule has 2 N–H and O–H groups in total. The van der Waals surface area contributed by atoms with E-state index >= 15 is 0 Å². The number of carbonyl (C=O) groups excluding carboxylic acids is 1. The maximum atomic E-state index is 12.8. The van der Waals surface area contributed by atoms with Crippen LogP contribution in [-0.4, -0.2) is 54.2 Å². The highest BCUT2D eigenvalue weighted by atomic mass is 35.5. The Labute approximate surface area is 198 Å². The number of hydrogen-bond acceptors (Lipinski definition) is 6. The molecule has 8 nitrogen and oxygen atoms in total. The maximum absolute atomic E-state index is 12.8. The predicted octanol–water partition coefficient (Wildman–Crippen LogP) is 4.85. The van der Waals surface area contributed by atoms with Gasteiger partial charge in [-0.25, -0.2) is 14.8 Å². The minimum atomic E-state index is -0.184. The third kappa shape index (κ3) is 5.64. The van der Waals surface area contributed by atoms with E-state index in [-0.39, 0.29) is 6.03 Å². The quantitative estimate of drug-likeness (QED) is 0.559. The molecule has 1 saturated heterocycles. The molecule has 2 amide bonds. The molecule has 0 bridgehead atoms. The number of benzene rings is 2. The molecule has 3 aromatic rings. The van der Waals surface area contributed by atoms with Crippen LogP contribution in [-0.2, 0) is 0 Å². The van der Waals surface area contributed by atoms with Gasteiger partial charge in [-0.3, -0.25) is 0 Å². The highest BCUT2D eigenvalue weighted by molar-refractivity contribution is 6.31. The summed E-state index contributed by atoms with van der Waals surface area (Å²) in [5.41, 5.74) is 2.73. The summed E-state index contributed by atoms with van der Waals surface area (Å²) in [6.45, 7) is 6.41. The van der Waals surface area contributed by atoms with Gasteiger partial charge in [0.25, 0.3) is 0 Å². The molecular weight excluding hydrogens is 440 g/mol. The number of hydrogen-bond donors (Lipinski definition) is 2. The first-order valence-corrected chi connectivity index (χ1v) is 11.1. The first-order chi connectivity index (χ1) is 15.9. The molecule has 0 spiro atoms. The normalized spacial score (nSPS) is 13.6. The van der Waals surface area contributed by atoms with E-state index in [1.807, 2.05) is 25.1 Å². The van der Waals surface area contributed by atoms with Crippen LogP contribution in [0.15, 0.2) is 48.5 Å². The van der Waals surface area contributed by atoms with Crippen molar-refractivity contribution in [1.82, 2.24) is 14.9 Å². The van der Waals surface area contributed by atoms with Crippen molar-refractivity contribution in [3.05, 3.63) is 64.9 Å². The van der Waals surface area contributed by atoms with Crippen LogP contribution in [0.4, 0.5) is 27.8 Å². The zero-order chi connectivity index (χ0) is 23.4. The van der Waals surface area contributed by atoms with Gasteiger partial charge in [0.2, 0.25) is 0 Å². The van der Waals surface area contributed by atoms with Gasteiger partial charge in [-0.1, -0.05) is 29.3 Å². The first kappa shape index (κ1) is 22.7. The van der Waals surface area contributed by atoms with Crippen molar-refractivity contribution < 1.29 is 9.53 Å². The Morgan fingerprint density at radius 3 is 2.42 bits per heavy atom. The van der Waals surface area contributed by atoms with E-state index in [9.17, 15) is 4.79 Å². The Morgan fingerprint density at radius 2 is 1.73 bits per heavy atom. The number of carbonyl (C=O) groups is 1. The Balaban J connectivity index is 1.39. The van der Waals surface area contributed by atoms with E-state index in [2.05, 4.69) is 44.6 Å². The number of methoxy groups -OCH3 is 1. The summed E-state index contributed by atoms with van der Waals surface area (Å²) in [6.07, 6.45) is 0. The maximum Gasteiger partial charge on any atom is 0.322 e. The Bertz CT molecular complexity index is 1130. The number of halogens is 1. The molecule has 1 aliphatic heterocycles. The summed E-state index contributed by atoms with van der Waals surface area (Å²) < 4.78 is 5.31. The fourth-order valence-corrected chi connectivity index (χ4v) is 3.85. The van der Waals surface area contributed by atoms with Gasteiger partial charge in [0.05, 0.1) is 12.8 Å². The number of rotatable bonds is 5. The molecule has 2 heterocycles. The van der Waals surface area contributed by atoms with Crippen molar-refractivity contribution in [2.45, 2.75) is 13.8 Å². The largest absolute Gasteiger partial charge is 0.495 e. The minimum Gasteiger partial charge on any atom is -0.495 e. The van der Waals surface area contributed by atoms with Gasteiger partial charge in [0, 0.05) is 43.0 Å². The van der Waals surface area contributed by atoms with Crippen LogP contribution in [0.1, 0.15) is 11.4 Å². The average molecular weight is 467 g/mol. The summed E-state index contributed by atoms with van der Waals surface area (Å²) in [7, 11) is 1.56. The monoisotopic (exact) mass is 466 g/mol. The molecule has 2 aromatic carbocycles. The summed E-state index contributed by atoms with van der Waals surface area (Å²) in [4.78, 5) is 25.8. The van der Waals surface area contributed by atoms with Gasteiger partial charge in [-0.2, -0.15) is 0 Å². The summed E-state index contributed by atoms with van der Waals surface area (Å²) >= 11 is 6.07. The van der Waals surface area contributed by atoms with Crippen LogP contribution >= 0.6 is 11.6 Å². The molecule has 1 aliphatic rings. The topological polar surface area (TPSA) is 82.6 Å². The van der Waals surface area contributed by atoms with Gasteiger partial charge < -0.3 is 25.2 Å². The van der Waals surface area contributed by atoms with Crippen LogP contribution in [0, 0.1) is 13.8 Å². The molecular formula is C24H27ClN6O2. The smallest absolute Gasteiger partial charge is 0.322 e. The number of urea groups is 1. The SMILES string of the molecule is COc1ccc(Cl)cc1NC(=O)N1CCN(c2cc(Nc3ccc(C)cc3)nc(C)n2)CC1. The summed E-state index contributed by atoms with van der Waals surface area (Å²) in [6, 6.07) is 15.1. The highest BCUT2D eigenvalue weighted by Crippen LogP contribution is 2.28. The third-order valence-corrected chi connectivity index (χ3v) is 5.68. The van der Waals surface area contributed by atoms with Crippen LogP contribution in [0.2, 0.25) is 5.02 Å². The number of piperazine rings is 1. The first-order valence-electron chi connectivity index (χ1n) is 10.7. The molecule has 33 heavy (non-hydrogen) atoms. The number of nitrogens with one attached hydrogen (secondary N) is 2. The molecule has 0 aliphatic carbocycles. The Hall–Kier alpha value is -3.52. The Kier molecular flexibility index (Phi) is 6.84. The van der Waals surface area contributed by atoms with Gasteiger partial charge in [-0.05, 0) is 44.2 Å². The molecule has 0 unspecified atom stereocenters. The molecule has 9 heteroatoms. The van der Waals surface area contributed by atoms with E-state index in [0.29, 0.717) is 48.5 Å². The molecule has 1 fully saturated rings. The fourth-order valence-electron chi connectivity index (χ4n) is 3.67. The number of anilines is 4. The number of amides is 2. The second kappa shape index (κ2) is 9.95. The Morgan fingerprint density at radius 1 is 1.00 bits per heavy atom. The second-order valence-corrected chi connectivity index (χ2v) is 8.33. The molecule has 0 saturated carbocycles. The third-order valence-electron chi connectivity index (χ3n) is 5.44. The predicted molar refractivity (Wildman–Crippen MR) is 132 cm³/mol. The lowest BCUT2D eigenvalue weighted by Crippen LogP contribution is -2.50. The molecule has 0 atom stereocenters. The second-order valence-electron chi connectivity index (χ2n) is 7.90. The zero-order valence-corrected chi connectivity index (χ0v) is 19.7. The lowest BCUT2D eigenvalue weighted by atomic mass is 10.2. The number of aromatic nitrogens is 2. The van der Waals surface area contributed by atoms with Crippen molar-refractivity contribution in [1.29, 1.82) is 0 Å². The van der Waals surface area contributed by atoms with Crippen molar-refractivity contribution in [2.75, 3.05) is 48.8 Å².